The molecule has 0 amide bonds. The van der Waals surface area contributed by atoms with Crippen LogP contribution in [0.5, 0.6) is 11.5 Å². The predicted octanol–water partition coefficient (Wildman–Crippen LogP) is 10.4. The second-order valence-corrected chi connectivity index (χ2v) is 14.9. The van der Waals surface area contributed by atoms with E-state index < -0.39 is 0 Å². The summed E-state index contributed by atoms with van der Waals surface area (Å²) in [6.07, 6.45) is 4.17. The molecule has 276 valence electrons. The van der Waals surface area contributed by atoms with Gasteiger partial charge in [0.25, 0.3) is 0 Å². The van der Waals surface area contributed by atoms with Gasteiger partial charge in [-0.15, -0.1) is 0 Å². The maximum Gasteiger partial charge on any atom is 0.326 e. The zero-order valence-electron chi connectivity index (χ0n) is 32.0. The van der Waals surface area contributed by atoms with Gasteiger partial charge in [0.2, 0.25) is 0 Å². The van der Waals surface area contributed by atoms with Crippen LogP contribution in [0.1, 0.15) is 0 Å². The molecule has 0 bridgehead atoms. The zero-order valence-corrected chi connectivity index (χ0v) is 32.0. The fourth-order valence-electron chi connectivity index (χ4n) is 8.96. The van der Waals surface area contributed by atoms with Gasteiger partial charge < -0.3 is 19.3 Å². The van der Waals surface area contributed by atoms with Crippen LogP contribution >= 0.6 is 0 Å². The van der Waals surface area contributed by atoms with Crippen molar-refractivity contribution >= 4 is 51.0 Å². The summed E-state index contributed by atoms with van der Waals surface area (Å²) in [6, 6.07) is 66.4. The summed E-state index contributed by atoms with van der Waals surface area (Å²) in [5, 5.41) is 2.34. The van der Waals surface area contributed by atoms with Crippen molar-refractivity contribution in [2.24, 2.45) is 0 Å². The second-order valence-electron chi connectivity index (χ2n) is 14.9. The largest absolute Gasteiger partial charge is 0.457 e. The van der Waals surface area contributed by atoms with Crippen LogP contribution in [0.2, 0.25) is 0 Å². The Morgan fingerprint density at radius 2 is 1.21 bits per heavy atom. The predicted molar refractivity (Wildman–Crippen MR) is 240 cm³/mol. The van der Waals surface area contributed by atoms with E-state index in [2.05, 4.69) is 208 Å². The van der Waals surface area contributed by atoms with Crippen molar-refractivity contribution < 1.29 is 4.74 Å². The number of ether oxygens (including phenoxy) is 1. The first-order valence-corrected chi connectivity index (χ1v) is 19.7. The van der Waals surface area contributed by atoms with Crippen molar-refractivity contribution in [2.45, 2.75) is 0 Å². The number of para-hydroxylation sites is 2. The quantitative estimate of drug-likeness (QED) is 0.152. The van der Waals surface area contributed by atoms with E-state index >= 15 is 0 Å². The number of hydrogen-bond donors (Lipinski definition) is 0. The molecule has 0 saturated carbocycles. The molecule has 0 aliphatic carbocycles. The number of aromatic nitrogens is 2. The van der Waals surface area contributed by atoms with Crippen LogP contribution in [-0.4, -0.2) is 34.9 Å². The van der Waals surface area contributed by atoms with Gasteiger partial charge >= 0.3 is 6.85 Å². The number of hydrogen-bond acceptors (Lipinski definition) is 5. The van der Waals surface area contributed by atoms with Crippen molar-refractivity contribution in [3.8, 4) is 39.6 Å². The molecule has 2 aliphatic heterocycles. The van der Waals surface area contributed by atoms with E-state index in [0.29, 0.717) is 6.67 Å². The molecule has 2 aromatic heterocycles. The Kier molecular flexibility index (Phi) is 8.10. The van der Waals surface area contributed by atoms with Gasteiger partial charge in [-0.25, -0.2) is 4.98 Å². The molecule has 0 saturated heterocycles. The first-order chi connectivity index (χ1) is 28.7. The van der Waals surface area contributed by atoms with Crippen LogP contribution in [0.4, 0.5) is 11.4 Å². The molecule has 11 rings (SSSR count). The molecular formula is C51H38BN5O. The average molecular weight is 748 g/mol. The number of rotatable bonds is 7. The molecule has 0 fully saturated rings. The monoisotopic (exact) mass is 747 g/mol. The van der Waals surface area contributed by atoms with E-state index in [4.69, 9.17) is 9.72 Å². The topological polar surface area (TPSA) is 36.8 Å². The van der Waals surface area contributed by atoms with Crippen LogP contribution in [0.25, 0.3) is 49.9 Å². The highest BCUT2D eigenvalue weighted by molar-refractivity contribution is 6.84. The van der Waals surface area contributed by atoms with E-state index in [9.17, 15) is 0 Å². The zero-order chi connectivity index (χ0) is 38.6. The fraction of sp³-hybridized carbons (Fsp3) is 0.0392. The molecule has 2 aliphatic rings. The number of benzene rings is 7. The molecular weight excluding hydrogens is 709 g/mol. The highest BCUT2D eigenvalue weighted by Crippen LogP contribution is 2.44. The van der Waals surface area contributed by atoms with Crippen LogP contribution in [-0.2, 0) is 0 Å². The van der Waals surface area contributed by atoms with E-state index in [-0.39, 0.29) is 6.85 Å². The van der Waals surface area contributed by atoms with Crippen LogP contribution in [0.3, 0.4) is 0 Å². The molecule has 9 aromatic rings. The third kappa shape index (κ3) is 5.62. The molecule has 0 atom stereocenters. The van der Waals surface area contributed by atoms with Gasteiger partial charge in [-0.3, -0.25) is 4.57 Å². The van der Waals surface area contributed by atoms with Gasteiger partial charge in [0.15, 0.2) is 0 Å². The Balaban J connectivity index is 1.03. The summed E-state index contributed by atoms with van der Waals surface area (Å²) in [5.41, 5.74) is 11.7. The van der Waals surface area contributed by atoms with Crippen molar-refractivity contribution in [1.82, 2.24) is 14.4 Å². The lowest BCUT2D eigenvalue weighted by Gasteiger charge is -2.41. The highest BCUT2D eigenvalue weighted by atomic mass is 16.5. The molecule has 0 radical (unpaired) electrons. The van der Waals surface area contributed by atoms with Gasteiger partial charge in [-0.2, -0.15) is 0 Å². The lowest BCUT2D eigenvalue weighted by molar-refractivity contribution is 0.483. The minimum absolute atomic E-state index is 0.0103. The van der Waals surface area contributed by atoms with E-state index in [0.717, 1.165) is 45.2 Å². The van der Waals surface area contributed by atoms with Gasteiger partial charge in [-0.05, 0) is 60.0 Å². The van der Waals surface area contributed by atoms with Crippen molar-refractivity contribution in [2.75, 3.05) is 23.5 Å². The number of pyridine rings is 1. The Labute approximate surface area is 338 Å². The molecule has 7 aromatic carbocycles. The summed E-state index contributed by atoms with van der Waals surface area (Å²) in [7, 11) is 2.21. The Bertz CT molecular complexity index is 2930. The first-order valence-electron chi connectivity index (χ1n) is 19.7. The lowest BCUT2D eigenvalue weighted by atomic mass is 9.48. The summed E-state index contributed by atoms with van der Waals surface area (Å²) < 4.78 is 9.03. The third-order valence-corrected chi connectivity index (χ3v) is 11.5. The molecule has 0 unspecified atom stereocenters. The minimum atomic E-state index is 0.0103. The Morgan fingerprint density at radius 1 is 0.569 bits per heavy atom. The highest BCUT2D eigenvalue weighted by Gasteiger charge is 2.41. The first kappa shape index (κ1) is 33.8. The van der Waals surface area contributed by atoms with Gasteiger partial charge in [0, 0.05) is 52.1 Å². The number of nitrogens with zero attached hydrogens (tertiary/aromatic N) is 5. The SMILES string of the molecule is CN1B(c2ccccc2)c2ccc(Oc3ccc4c5ccccc5n(-c5ccccn5)c4c3)cc2N2CN(c3c(-c4ccccc4)cccc3-c3ccccc3)C=C12. The molecule has 6 nitrogen and oxygen atoms in total. The Hall–Kier alpha value is -7.51. The van der Waals surface area contributed by atoms with Crippen LogP contribution in [0, 0.1) is 0 Å². The summed E-state index contributed by atoms with van der Waals surface area (Å²) in [5.74, 6) is 3.55. The molecule has 58 heavy (non-hydrogen) atoms. The Morgan fingerprint density at radius 3 is 1.93 bits per heavy atom. The summed E-state index contributed by atoms with van der Waals surface area (Å²) in [6.45, 7) is 0.647. The lowest BCUT2D eigenvalue weighted by Crippen LogP contribution is -2.61. The maximum atomic E-state index is 6.81. The molecule has 0 spiro atoms. The number of fused-ring (bicyclic) bond motifs is 6. The van der Waals surface area contributed by atoms with Crippen molar-refractivity contribution in [3.05, 3.63) is 206 Å². The van der Waals surface area contributed by atoms with E-state index in [1.165, 1.54) is 44.3 Å². The standard InChI is InChI=1S/C51H38BN5O/c1-54-50-34-55(51-41(36-16-5-2-6-17-36)23-15-24-42(51)37-18-7-3-8-19-37)35-56(50)48-33-40(28-30-45(48)52(54)38-20-9-4-10-21-38)58-39-27-29-44-43-22-11-12-25-46(43)57(47(44)32-39)49-26-13-14-31-53-49/h2-34H,35H2,1H3. The molecule has 4 heterocycles. The molecule has 0 N–H and O–H groups in total. The minimum Gasteiger partial charge on any atom is -0.457 e. The average Bonchev–Trinajstić information content (AvgIpc) is 3.88. The van der Waals surface area contributed by atoms with Gasteiger partial charge in [0.05, 0.1) is 16.7 Å². The summed E-state index contributed by atoms with van der Waals surface area (Å²) in [4.78, 5) is 12.0. The molecule has 7 heteroatoms. The normalized spacial score (nSPS) is 13.5. The van der Waals surface area contributed by atoms with Crippen LogP contribution < -0.4 is 25.5 Å². The van der Waals surface area contributed by atoms with E-state index in [1.807, 2.05) is 18.3 Å². The van der Waals surface area contributed by atoms with Crippen LogP contribution in [0.15, 0.2) is 206 Å². The van der Waals surface area contributed by atoms with Crippen molar-refractivity contribution in [3.63, 3.8) is 0 Å². The fourth-order valence-corrected chi connectivity index (χ4v) is 8.96. The summed E-state index contributed by atoms with van der Waals surface area (Å²) >= 11 is 0. The van der Waals surface area contributed by atoms with Gasteiger partial charge in [0.1, 0.15) is 29.8 Å². The second kappa shape index (κ2) is 13.9. The van der Waals surface area contributed by atoms with E-state index in [1.54, 1.807) is 0 Å². The smallest absolute Gasteiger partial charge is 0.326 e. The third-order valence-electron chi connectivity index (χ3n) is 11.5. The number of anilines is 2. The van der Waals surface area contributed by atoms with Crippen molar-refractivity contribution in [1.29, 1.82) is 0 Å². The van der Waals surface area contributed by atoms with Gasteiger partial charge in [-0.1, -0.05) is 145 Å². The maximum absolute atomic E-state index is 6.81.